The monoisotopic (exact) mass is 376 g/mol. The van der Waals surface area contributed by atoms with Gasteiger partial charge in [-0.05, 0) is 31.0 Å². The van der Waals surface area contributed by atoms with Crippen molar-refractivity contribution in [1.29, 1.82) is 0 Å². The second kappa shape index (κ2) is 7.37. The number of carbonyl (C=O) groups is 2. The third kappa shape index (κ3) is 3.53. The Kier molecular flexibility index (Phi) is 5.18. The summed E-state index contributed by atoms with van der Waals surface area (Å²) in [6.45, 7) is 4.65. The SMILES string of the molecule is CCCn1nc2c(c1C)C(c1ccc(OCC(N)=O)c(Cl)c1)CC(=O)N2. The topological polar surface area (TPSA) is 99.2 Å². The summed E-state index contributed by atoms with van der Waals surface area (Å²) in [5.74, 6) is 0.217. The second-order valence-electron chi connectivity index (χ2n) is 6.32. The minimum absolute atomic E-state index is 0.0752. The molecule has 1 aromatic carbocycles. The number of amides is 2. The molecule has 1 unspecified atom stereocenters. The highest BCUT2D eigenvalue weighted by molar-refractivity contribution is 6.32. The van der Waals surface area contributed by atoms with Crippen molar-refractivity contribution in [2.75, 3.05) is 11.9 Å². The van der Waals surface area contributed by atoms with Gasteiger partial charge < -0.3 is 15.8 Å². The molecule has 3 rings (SSSR count). The fourth-order valence-corrected chi connectivity index (χ4v) is 3.50. The second-order valence-corrected chi connectivity index (χ2v) is 6.73. The van der Waals surface area contributed by atoms with Crippen molar-refractivity contribution in [1.82, 2.24) is 9.78 Å². The predicted molar refractivity (Wildman–Crippen MR) is 98.5 cm³/mol. The maximum absolute atomic E-state index is 12.1. The van der Waals surface area contributed by atoms with Crippen LogP contribution in [0.4, 0.5) is 5.82 Å². The summed E-state index contributed by atoms with van der Waals surface area (Å²) in [5.41, 5.74) is 8.04. The Hall–Kier alpha value is -2.54. The van der Waals surface area contributed by atoms with Crippen molar-refractivity contribution in [3.63, 3.8) is 0 Å². The van der Waals surface area contributed by atoms with Crippen LogP contribution in [0, 0.1) is 6.92 Å². The highest BCUT2D eigenvalue weighted by Crippen LogP contribution is 2.40. The highest BCUT2D eigenvalue weighted by Gasteiger charge is 2.32. The molecule has 1 aliphatic rings. The van der Waals surface area contributed by atoms with Gasteiger partial charge in [0.05, 0.1) is 5.02 Å². The standard InChI is InChI=1S/C18H21ClN4O3/c1-3-6-23-10(2)17-12(8-16(25)21-18(17)22-23)11-4-5-14(13(19)7-11)26-9-15(20)24/h4-5,7,12H,3,6,8-9H2,1-2H3,(H2,20,24)(H,21,22,25). The molecule has 8 heteroatoms. The molecule has 0 saturated carbocycles. The van der Waals surface area contributed by atoms with Crippen molar-refractivity contribution in [3.05, 3.63) is 40.0 Å². The van der Waals surface area contributed by atoms with Crippen LogP contribution in [0.25, 0.3) is 0 Å². The summed E-state index contributed by atoms with van der Waals surface area (Å²) >= 11 is 6.29. The van der Waals surface area contributed by atoms with Crippen molar-refractivity contribution < 1.29 is 14.3 Å². The van der Waals surface area contributed by atoms with Crippen molar-refractivity contribution in [2.45, 2.75) is 39.2 Å². The zero-order valence-corrected chi connectivity index (χ0v) is 15.5. The fraction of sp³-hybridized carbons (Fsp3) is 0.389. The molecule has 1 aromatic heterocycles. The summed E-state index contributed by atoms with van der Waals surface area (Å²) in [6.07, 6.45) is 1.28. The van der Waals surface area contributed by atoms with Crippen molar-refractivity contribution in [3.8, 4) is 5.75 Å². The molecular weight excluding hydrogens is 356 g/mol. The number of carbonyl (C=O) groups excluding carboxylic acids is 2. The lowest BCUT2D eigenvalue weighted by Crippen LogP contribution is -2.23. The van der Waals surface area contributed by atoms with E-state index in [1.165, 1.54) is 0 Å². The Morgan fingerprint density at radius 3 is 2.92 bits per heavy atom. The molecule has 2 aromatic rings. The molecule has 1 atom stereocenters. The summed E-state index contributed by atoms with van der Waals surface area (Å²) in [6, 6.07) is 5.31. The van der Waals surface area contributed by atoms with Crippen molar-refractivity contribution >= 4 is 29.2 Å². The van der Waals surface area contributed by atoms with E-state index in [4.69, 9.17) is 22.1 Å². The minimum Gasteiger partial charge on any atom is -0.482 e. The molecule has 0 aliphatic carbocycles. The third-order valence-electron chi connectivity index (χ3n) is 4.41. The van der Waals surface area contributed by atoms with Gasteiger partial charge >= 0.3 is 0 Å². The lowest BCUT2D eigenvalue weighted by molar-refractivity contribution is -0.120. The Balaban J connectivity index is 1.96. The zero-order valence-electron chi connectivity index (χ0n) is 14.7. The minimum atomic E-state index is -0.572. The Bertz CT molecular complexity index is 862. The molecule has 1 aliphatic heterocycles. The van der Waals surface area contributed by atoms with Crippen LogP contribution < -0.4 is 15.8 Å². The number of benzene rings is 1. The largest absolute Gasteiger partial charge is 0.482 e. The number of aryl methyl sites for hydroxylation is 1. The number of aromatic nitrogens is 2. The van der Waals surface area contributed by atoms with Crippen LogP contribution in [0.2, 0.25) is 5.02 Å². The molecule has 3 N–H and O–H groups in total. The van der Waals surface area contributed by atoms with Crippen LogP contribution in [0.3, 0.4) is 0 Å². The number of nitrogens with zero attached hydrogens (tertiary/aromatic N) is 2. The maximum atomic E-state index is 12.1. The first-order chi connectivity index (χ1) is 12.4. The number of primary amides is 1. The number of nitrogens with two attached hydrogens (primary N) is 1. The van der Waals surface area contributed by atoms with Crippen LogP contribution in [0.15, 0.2) is 18.2 Å². The summed E-state index contributed by atoms with van der Waals surface area (Å²) in [7, 11) is 0. The summed E-state index contributed by atoms with van der Waals surface area (Å²) < 4.78 is 7.21. The lowest BCUT2D eigenvalue weighted by atomic mass is 9.86. The first-order valence-electron chi connectivity index (χ1n) is 8.48. The molecule has 7 nitrogen and oxygen atoms in total. The number of halogens is 1. The molecule has 0 saturated heterocycles. The molecule has 2 heterocycles. The Morgan fingerprint density at radius 2 is 2.27 bits per heavy atom. The van der Waals surface area contributed by atoms with Gasteiger partial charge in [-0.3, -0.25) is 14.3 Å². The van der Waals surface area contributed by atoms with E-state index < -0.39 is 5.91 Å². The summed E-state index contributed by atoms with van der Waals surface area (Å²) in [4.78, 5) is 23.0. The van der Waals surface area contributed by atoms with Gasteiger partial charge in [0.1, 0.15) is 5.75 Å². The maximum Gasteiger partial charge on any atom is 0.255 e. The third-order valence-corrected chi connectivity index (χ3v) is 4.71. The van der Waals surface area contributed by atoms with Gasteiger partial charge in [0.15, 0.2) is 12.4 Å². The molecule has 0 bridgehead atoms. The molecule has 2 amide bonds. The first-order valence-corrected chi connectivity index (χ1v) is 8.86. The number of ether oxygens (including phenoxy) is 1. The quantitative estimate of drug-likeness (QED) is 0.809. The Labute approximate surface area is 156 Å². The van der Waals surface area contributed by atoms with Gasteiger partial charge in [0.25, 0.3) is 5.91 Å². The number of hydrogen-bond donors (Lipinski definition) is 2. The van der Waals surface area contributed by atoms with Crippen LogP contribution >= 0.6 is 11.6 Å². The average Bonchev–Trinajstić information content (AvgIpc) is 2.89. The van der Waals surface area contributed by atoms with Crippen molar-refractivity contribution in [2.24, 2.45) is 5.73 Å². The fourth-order valence-electron chi connectivity index (χ4n) is 3.25. The van der Waals surface area contributed by atoms with E-state index in [2.05, 4.69) is 17.3 Å². The van der Waals surface area contributed by atoms with Crippen LogP contribution in [-0.4, -0.2) is 28.2 Å². The molecule has 0 radical (unpaired) electrons. The van der Waals surface area contributed by atoms with Gasteiger partial charge in [-0.15, -0.1) is 0 Å². The van der Waals surface area contributed by atoms with Gasteiger partial charge in [-0.25, -0.2) is 0 Å². The van der Waals surface area contributed by atoms with E-state index in [9.17, 15) is 9.59 Å². The van der Waals surface area contributed by atoms with E-state index in [1.807, 2.05) is 17.7 Å². The number of rotatable bonds is 6. The van der Waals surface area contributed by atoms with Gasteiger partial charge in [-0.2, -0.15) is 5.10 Å². The normalized spacial score (nSPS) is 16.1. The van der Waals surface area contributed by atoms with Crippen LogP contribution in [0.5, 0.6) is 5.75 Å². The van der Waals surface area contributed by atoms with Gasteiger partial charge in [-0.1, -0.05) is 24.6 Å². The van der Waals surface area contributed by atoms with E-state index in [-0.39, 0.29) is 18.4 Å². The average molecular weight is 377 g/mol. The van der Waals surface area contributed by atoms with Gasteiger partial charge in [0, 0.05) is 30.1 Å². The lowest BCUT2D eigenvalue weighted by Gasteiger charge is -2.23. The number of fused-ring (bicyclic) bond motifs is 1. The van der Waals surface area contributed by atoms with Crippen LogP contribution in [0.1, 0.15) is 42.5 Å². The predicted octanol–water partition coefficient (Wildman–Crippen LogP) is 2.59. The smallest absolute Gasteiger partial charge is 0.255 e. The summed E-state index contributed by atoms with van der Waals surface area (Å²) in [5, 5.41) is 7.76. The van der Waals surface area contributed by atoms with E-state index in [1.54, 1.807) is 12.1 Å². The molecular formula is C18H21ClN4O3. The van der Waals surface area contributed by atoms with E-state index in [0.717, 1.165) is 29.8 Å². The number of nitrogens with one attached hydrogen (secondary N) is 1. The molecule has 26 heavy (non-hydrogen) atoms. The van der Waals surface area contributed by atoms with E-state index >= 15 is 0 Å². The highest BCUT2D eigenvalue weighted by atomic mass is 35.5. The Morgan fingerprint density at radius 1 is 1.50 bits per heavy atom. The molecule has 0 fully saturated rings. The first kappa shape index (κ1) is 18.3. The van der Waals surface area contributed by atoms with Gasteiger partial charge in [0.2, 0.25) is 5.91 Å². The molecule has 138 valence electrons. The zero-order chi connectivity index (χ0) is 18.8. The number of hydrogen-bond acceptors (Lipinski definition) is 4. The number of anilines is 1. The van der Waals surface area contributed by atoms with E-state index in [0.29, 0.717) is 23.0 Å². The van der Waals surface area contributed by atoms with Crippen LogP contribution in [-0.2, 0) is 16.1 Å². The molecule has 0 spiro atoms.